The van der Waals surface area contributed by atoms with Crippen molar-refractivity contribution in [3.63, 3.8) is 0 Å². The molecule has 1 saturated carbocycles. The third-order valence-corrected chi connectivity index (χ3v) is 8.81. The maximum atomic E-state index is 13.1. The first-order valence-electron chi connectivity index (χ1n) is 10.9. The Kier molecular flexibility index (Phi) is 5.56. The van der Waals surface area contributed by atoms with Gasteiger partial charge < -0.3 is 9.80 Å². The van der Waals surface area contributed by atoms with Gasteiger partial charge in [0.2, 0.25) is 15.9 Å². The van der Waals surface area contributed by atoms with E-state index in [1.165, 1.54) is 11.3 Å². The number of benzene rings is 2. The number of sulfonamides is 1. The number of hydrogen-bond donors (Lipinski definition) is 1. The van der Waals surface area contributed by atoms with Crippen molar-refractivity contribution in [1.82, 2.24) is 4.72 Å². The number of anilines is 2. The van der Waals surface area contributed by atoms with Crippen LogP contribution >= 0.6 is 15.9 Å². The molecule has 0 spiro atoms. The molecule has 0 unspecified atom stereocenters. The first-order valence-corrected chi connectivity index (χ1v) is 13.2. The van der Waals surface area contributed by atoms with Crippen LogP contribution in [0.2, 0.25) is 0 Å². The molecule has 0 atom stereocenters. The quantitative estimate of drug-likeness (QED) is 0.654. The van der Waals surface area contributed by atoms with E-state index < -0.39 is 10.0 Å². The number of hydrogen-bond acceptors (Lipinski definition) is 4. The summed E-state index contributed by atoms with van der Waals surface area (Å²) < 4.78 is 29.5. The van der Waals surface area contributed by atoms with Crippen LogP contribution in [0, 0.1) is 5.92 Å². The van der Waals surface area contributed by atoms with Crippen molar-refractivity contribution in [2.45, 2.75) is 37.0 Å². The molecule has 2 aliphatic heterocycles. The maximum absolute atomic E-state index is 13.1. The summed E-state index contributed by atoms with van der Waals surface area (Å²) in [5.41, 5.74) is 4.27. The Morgan fingerprint density at radius 1 is 1.06 bits per heavy atom. The molecule has 3 aliphatic rings. The standard InChI is InChI=1S/C23H26BrN3O3S/c24-19-14-18-9-12-27(23(28)17-7-8-17)21(18)15-22(19)31(29,30)25-10-13-26-11-3-5-16-4-1-2-6-20(16)26/h1-2,4,6,14-15,17,25H,3,5,7-13H2. The third kappa shape index (κ3) is 4.13. The molecule has 2 aromatic carbocycles. The van der Waals surface area contributed by atoms with E-state index in [2.05, 4.69) is 37.7 Å². The fourth-order valence-corrected chi connectivity index (χ4v) is 6.74. The lowest BCUT2D eigenvalue weighted by Gasteiger charge is -2.31. The number of nitrogens with zero attached hydrogens (tertiary/aromatic N) is 2. The second-order valence-electron chi connectivity index (χ2n) is 8.54. The predicted molar refractivity (Wildman–Crippen MR) is 125 cm³/mol. The van der Waals surface area contributed by atoms with Crippen LogP contribution in [0.3, 0.4) is 0 Å². The second-order valence-corrected chi connectivity index (χ2v) is 11.1. The summed E-state index contributed by atoms with van der Waals surface area (Å²) >= 11 is 3.44. The summed E-state index contributed by atoms with van der Waals surface area (Å²) in [6.07, 6.45) is 4.77. The Balaban J connectivity index is 1.31. The largest absolute Gasteiger partial charge is 0.370 e. The molecule has 2 aromatic rings. The van der Waals surface area contributed by atoms with Gasteiger partial charge in [0.1, 0.15) is 0 Å². The number of rotatable bonds is 6. The Bertz CT molecular complexity index is 1130. The minimum atomic E-state index is -3.71. The minimum Gasteiger partial charge on any atom is -0.370 e. The van der Waals surface area contributed by atoms with E-state index in [1.807, 2.05) is 18.2 Å². The number of fused-ring (bicyclic) bond motifs is 2. The van der Waals surface area contributed by atoms with Crippen LogP contribution in [-0.2, 0) is 27.7 Å². The Hall–Kier alpha value is -1.90. The Morgan fingerprint density at radius 3 is 2.68 bits per heavy atom. The number of amides is 1. The van der Waals surface area contributed by atoms with Crippen molar-refractivity contribution < 1.29 is 13.2 Å². The molecule has 164 valence electrons. The van der Waals surface area contributed by atoms with Crippen molar-refractivity contribution in [3.8, 4) is 0 Å². The molecular formula is C23H26BrN3O3S. The Morgan fingerprint density at radius 2 is 1.87 bits per heavy atom. The molecule has 1 fully saturated rings. The molecule has 0 radical (unpaired) electrons. The second kappa shape index (κ2) is 8.22. The van der Waals surface area contributed by atoms with E-state index in [1.54, 1.807) is 11.0 Å². The molecule has 6 nitrogen and oxygen atoms in total. The number of carbonyl (C=O) groups excluding carboxylic acids is 1. The highest BCUT2D eigenvalue weighted by atomic mass is 79.9. The van der Waals surface area contributed by atoms with Gasteiger partial charge in [-0.1, -0.05) is 18.2 Å². The van der Waals surface area contributed by atoms with Gasteiger partial charge in [0.05, 0.1) is 4.90 Å². The van der Waals surface area contributed by atoms with E-state index in [4.69, 9.17) is 0 Å². The summed E-state index contributed by atoms with van der Waals surface area (Å²) in [5, 5.41) is 0. The summed E-state index contributed by atoms with van der Waals surface area (Å²) in [4.78, 5) is 16.8. The molecule has 8 heteroatoms. The van der Waals surface area contributed by atoms with E-state index >= 15 is 0 Å². The van der Waals surface area contributed by atoms with Gasteiger partial charge in [-0.3, -0.25) is 4.79 Å². The van der Waals surface area contributed by atoms with Crippen LogP contribution in [0.15, 0.2) is 45.8 Å². The highest BCUT2D eigenvalue weighted by Gasteiger charge is 2.37. The highest BCUT2D eigenvalue weighted by Crippen LogP contribution is 2.39. The summed E-state index contributed by atoms with van der Waals surface area (Å²) in [6, 6.07) is 11.8. The Labute approximate surface area is 191 Å². The normalized spacial score (nSPS) is 18.1. The molecular weight excluding hydrogens is 478 g/mol. The first kappa shape index (κ1) is 21.0. The monoisotopic (exact) mass is 503 g/mol. The SMILES string of the molecule is O=C(C1CC1)N1CCc2cc(Br)c(S(=O)(=O)NCCN3CCCc4ccccc43)cc21. The zero-order valence-electron chi connectivity index (χ0n) is 17.3. The lowest BCUT2D eigenvalue weighted by atomic mass is 10.0. The van der Waals surface area contributed by atoms with Gasteiger partial charge >= 0.3 is 0 Å². The fraction of sp³-hybridized carbons (Fsp3) is 0.435. The molecule has 0 aromatic heterocycles. The van der Waals surface area contributed by atoms with Crippen LogP contribution in [0.25, 0.3) is 0 Å². The van der Waals surface area contributed by atoms with Crippen LogP contribution in [0.1, 0.15) is 30.4 Å². The topological polar surface area (TPSA) is 69.7 Å². The van der Waals surface area contributed by atoms with Gasteiger partial charge in [0.25, 0.3) is 0 Å². The number of para-hydroxylation sites is 1. The van der Waals surface area contributed by atoms with Crippen molar-refractivity contribution in [2.24, 2.45) is 5.92 Å². The van der Waals surface area contributed by atoms with Gasteiger partial charge in [0.15, 0.2) is 0 Å². The number of aryl methyl sites for hydroxylation is 1. The summed E-state index contributed by atoms with van der Waals surface area (Å²) in [5.74, 6) is 0.237. The zero-order valence-corrected chi connectivity index (χ0v) is 19.7. The van der Waals surface area contributed by atoms with Crippen LogP contribution < -0.4 is 14.5 Å². The number of nitrogens with one attached hydrogen (secondary N) is 1. The first-order chi connectivity index (χ1) is 14.9. The summed E-state index contributed by atoms with van der Waals surface area (Å²) in [7, 11) is -3.71. The van der Waals surface area contributed by atoms with E-state index in [-0.39, 0.29) is 16.7 Å². The average Bonchev–Trinajstić information content (AvgIpc) is 3.53. The molecule has 1 amide bonds. The van der Waals surface area contributed by atoms with Crippen LogP contribution in [0.4, 0.5) is 11.4 Å². The molecule has 1 N–H and O–H groups in total. The number of halogens is 1. The van der Waals surface area contributed by atoms with Gasteiger partial charge in [-0.05, 0) is 77.4 Å². The van der Waals surface area contributed by atoms with Crippen molar-refractivity contribution in [3.05, 3.63) is 52.0 Å². The molecule has 0 saturated heterocycles. The van der Waals surface area contributed by atoms with Gasteiger partial charge in [-0.25, -0.2) is 13.1 Å². The van der Waals surface area contributed by atoms with Crippen molar-refractivity contribution in [2.75, 3.05) is 36.0 Å². The highest BCUT2D eigenvalue weighted by molar-refractivity contribution is 9.10. The number of carbonyl (C=O) groups is 1. The van der Waals surface area contributed by atoms with Crippen LogP contribution in [0.5, 0.6) is 0 Å². The lowest BCUT2D eigenvalue weighted by Crippen LogP contribution is -2.37. The molecule has 5 rings (SSSR count). The lowest BCUT2D eigenvalue weighted by molar-refractivity contribution is -0.119. The minimum absolute atomic E-state index is 0.111. The zero-order chi connectivity index (χ0) is 21.6. The van der Waals surface area contributed by atoms with E-state index in [9.17, 15) is 13.2 Å². The molecule has 0 bridgehead atoms. The van der Waals surface area contributed by atoms with Gasteiger partial charge in [-0.15, -0.1) is 0 Å². The van der Waals surface area contributed by atoms with Crippen LogP contribution in [-0.4, -0.2) is 40.5 Å². The predicted octanol–water partition coefficient (Wildman–Crippen LogP) is 3.48. The molecule has 31 heavy (non-hydrogen) atoms. The van der Waals surface area contributed by atoms with Gasteiger partial charge in [-0.2, -0.15) is 0 Å². The smallest absolute Gasteiger partial charge is 0.241 e. The average molecular weight is 504 g/mol. The summed E-state index contributed by atoms with van der Waals surface area (Å²) in [6.45, 7) is 2.50. The van der Waals surface area contributed by atoms with Gasteiger partial charge in [0, 0.05) is 47.9 Å². The van der Waals surface area contributed by atoms with Crippen molar-refractivity contribution >= 4 is 43.2 Å². The maximum Gasteiger partial charge on any atom is 0.241 e. The molecule has 2 heterocycles. The third-order valence-electron chi connectivity index (χ3n) is 6.39. The van der Waals surface area contributed by atoms with E-state index in [0.29, 0.717) is 24.1 Å². The molecule has 1 aliphatic carbocycles. The van der Waals surface area contributed by atoms with Crippen molar-refractivity contribution in [1.29, 1.82) is 0 Å². The fourth-order valence-electron chi connectivity index (χ4n) is 4.61. The van der Waals surface area contributed by atoms with E-state index in [0.717, 1.165) is 49.9 Å².